The van der Waals surface area contributed by atoms with E-state index < -0.39 is 0 Å². The molecule has 2 heterocycles. The molecule has 0 saturated heterocycles. The lowest BCUT2D eigenvalue weighted by molar-refractivity contribution is 0.303. The van der Waals surface area contributed by atoms with Crippen molar-refractivity contribution < 1.29 is 4.42 Å². The van der Waals surface area contributed by atoms with Crippen LogP contribution in [0.5, 0.6) is 0 Å². The molecule has 19 heavy (non-hydrogen) atoms. The zero-order valence-electron chi connectivity index (χ0n) is 11.9. The molecular formula is C14H22N4O. The number of furan rings is 1. The number of aromatic nitrogens is 2. The third-order valence-electron chi connectivity index (χ3n) is 3.15. The van der Waals surface area contributed by atoms with Crippen molar-refractivity contribution in [1.29, 1.82) is 0 Å². The minimum Gasteiger partial charge on any atom is -0.468 e. The Bertz CT molecular complexity index is 503. The van der Waals surface area contributed by atoms with Crippen LogP contribution in [-0.4, -0.2) is 28.0 Å². The molecule has 0 fully saturated rings. The van der Waals surface area contributed by atoms with E-state index in [-0.39, 0.29) is 0 Å². The minimum absolute atomic E-state index is 0.787. The normalized spacial score (nSPS) is 11.4. The molecule has 0 saturated carbocycles. The Labute approximate surface area is 114 Å². The number of rotatable bonds is 7. The number of nitrogens with one attached hydrogen (secondary N) is 1. The molecule has 2 aromatic heterocycles. The van der Waals surface area contributed by atoms with E-state index in [1.165, 1.54) is 5.56 Å². The van der Waals surface area contributed by atoms with Crippen LogP contribution in [0.15, 0.2) is 29.1 Å². The molecule has 5 nitrogen and oxygen atoms in total. The fourth-order valence-electron chi connectivity index (χ4n) is 2.04. The highest BCUT2D eigenvalue weighted by Crippen LogP contribution is 2.13. The molecule has 0 bridgehead atoms. The molecular weight excluding hydrogens is 240 g/mol. The Morgan fingerprint density at radius 1 is 1.42 bits per heavy atom. The average molecular weight is 262 g/mol. The summed E-state index contributed by atoms with van der Waals surface area (Å²) in [6.45, 7) is 5.52. The van der Waals surface area contributed by atoms with Gasteiger partial charge in [0.15, 0.2) is 0 Å². The predicted octanol–water partition coefficient (Wildman–Crippen LogP) is 1.75. The SMILES string of the molecule is CCNCc1occc1CN(C)Cc1nccn1C. The number of nitrogens with zero attached hydrogens (tertiary/aromatic N) is 3. The van der Waals surface area contributed by atoms with Crippen LogP contribution in [0.2, 0.25) is 0 Å². The molecule has 5 heteroatoms. The van der Waals surface area contributed by atoms with Gasteiger partial charge in [0, 0.05) is 31.5 Å². The molecule has 0 atom stereocenters. The summed E-state index contributed by atoms with van der Waals surface area (Å²) >= 11 is 0. The molecule has 2 aromatic rings. The van der Waals surface area contributed by atoms with Crippen molar-refractivity contribution in [2.75, 3.05) is 13.6 Å². The van der Waals surface area contributed by atoms with E-state index in [1.54, 1.807) is 6.26 Å². The number of imidazole rings is 1. The third-order valence-corrected chi connectivity index (χ3v) is 3.15. The smallest absolute Gasteiger partial charge is 0.122 e. The Balaban J connectivity index is 1.93. The fourth-order valence-corrected chi connectivity index (χ4v) is 2.04. The molecule has 1 N–H and O–H groups in total. The average Bonchev–Trinajstić information content (AvgIpc) is 2.97. The van der Waals surface area contributed by atoms with E-state index in [0.29, 0.717) is 0 Å². The van der Waals surface area contributed by atoms with E-state index >= 15 is 0 Å². The van der Waals surface area contributed by atoms with Crippen molar-refractivity contribution in [3.8, 4) is 0 Å². The summed E-state index contributed by atoms with van der Waals surface area (Å²) in [5.41, 5.74) is 1.23. The highest BCUT2D eigenvalue weighted by molar-refractivity contribution is 5.16. The third kappa shape index (κ3) is 3.68. The van der Waals surface area contributed by atoms with E-state index in [4.69, 9.17) is 4.42 Å². The Morgan fingerprint density at radius 3 is 2.95 bits per heavy atom. The van der Waals surface area contributed by atoms with Crippen LogP contribution in [0.4, 0.5) is 0 Å². The zero-order valence-corrected chi connectivity index (χ0v) is 11.9. The van der Waals surface area contributed by atoms with E-state index in [2.05, 4.69) is 29.2 Å². The van der Waals surface area contributed by atoms with Gasteiger partial charge in [0.05, 0.1) is 19.4 Å². The van der Waals surface area contributed by atoms with Crippen LogP contribution >= 0.6 is 0 Å². The monoisotopic (exact) mass is 262 g/mol. The zero-order chi connectivity index (χ0) is 13.7. The van der Waals surface area contributed by atoms with E-state index in [0.717, 1.165) is 37.8 Å². The second-order valence-corrected chi connectivity index (χ2v) is 4.78. The standard InChI is InChI=1S/C14H22N4O/c1-4-15-9-13-12(5-8-19-13)10-17(2)11-14-16-6-7-18(14)3/h5-8,15H,4,9-11H2,1-3H3. The summed E-state index contributed by atoms with van der Waals surface area (Å²) < 4.78 is 7.56. The first-order valence-corrected chi connectivity index (χ1v) is 6.61. The lowest BCUT2D eigenvalue weighted by Gasteiger charge is -2.16. The highest BCUT2D eigenvalue weighted by atomic mass is 16.3. The van der Waals surface area contributed by atoms with Gasteiger partial charge < -0.3 is 14.3 Å². The van der Waals surface area contributed by atoms with Gasteiger partial charge in [-0.1, -0.05) is 6.92 Å². The largest absolute Gasteiger partial charge is 0.468 e. The molecule has 0 aliphatic heterocycles. The molecule has 0 spiro atoms. The second kappa shape index (κ2) is 6.54. The van der Waals surface area contributed by atoms with Gasteiger partial charge in [-0.05, 0) is 19.7 Å². The van der Waals surface area contributed by atoms with Crippen molar-refractivity contribution >= 4 is 0 Å². The van der Waals surface area contributed by atoms with Crippen LogP contribution in [0.25, 0.3) is 0 Å². The van der Waals surface area contributed by atoms with E-state index in [1.807, 2.05) is 30.1 Å². The van der Waals surface area contributed by atoms with E-state index in [9.17, 15) is 0 Å². The molecule has 104 valence electrons. The highest BCUT2D eigenvalue weighted by Gasteiger charge is 2.10. The number of aryl methyl sites for hydroxylation is 1. The van der Waals surface area contributed by atoms with Crippen LogP contribution in [-0.2, 0) is 26.7 Å². The van der Waals surface area contributed by atoms with Gasteiger partial charge in [-0.2, -0.15) is 0 Å². The number of hydrogen-bond acceptors (Lipinski definition) is 4. The minimum atomic E-state index is 0.787. The van der Waals surface area contributed by atoms with Crippen LogP contribution in [0.3, 0.4) is 0 Å². The topological polar surface area (TPSA) is 46.2 Å². The lowest BCUT2D eigenvalue weighted by atomic mass is 10.2. The summed E-state index contributed by atoms with van der Waals surface area (Å²) in [5, 5.41) is 3.29. The summed E-state index contributed by atoms with van der Waals surface area (Å²) in [4.78, 5) is 6.58. The summed E-state index contributed by atoms with van der Waals surface area (Å²) in [5.74, 6) is 2.09. The molecule has 0 radical (unpaired) electrons. The maximum atomic E-state index is 5.52. The van der Waals surface area contributed by atoms with Crippen LogP contribution in [0, 0.1) is 0 Å². The van der Waals surface area contributed by atoms with Crippen molar-refractivity contribution in [2.45, 2.75) is 26.6 Å². The fraction of sp³-hybridized carbons (Fsp3) is 0.500. The van der Waals surface area contributed by atoms with Gasteiger partial charge in [-0.3, -0.25) is 4.90 Å². The van der Waals surface area contributed by atoms with Gasteiger partial charge in [-0.15, -0.1) is 0 Å². The van der Waals surface area contributed by atoms with Crippen molar-refractivity contribution in [2.24, 2.45) is 7.05 Å². The lowest BCUT2D eigenvalue weighted by Crippen LogP contribution is -2.21. The van der Waals surface area contributed by atoms with Gasteiger partial charge in [0.25, 0.3) is 0 Å². The van der Waals surface area contributed by atoms with Crippen molar-refractivity contribution in [3.63, 3.8) is 0 Å². The summed E-state index contributed by atoms with van der Waals surface area (Å²) in [6.07, 6.45) is 5.56. The van der Waals surface area contributed by atoms with Crippen molar-refractivity contribution in [1.82, 2.24) is 19.8 Å². The maximum Gasteiger partial charge on any atom is 0.122 e. The molecule has 2 rings (SSSR count). The number of hydrogen-bond donors (Lipinski definition) is 1. The van der Waals surface area contributed by atoms with Gasteiger partial charge >= 0.3 is 0 Å². The van der Waals surface area contributed by atoms with Crippen LogP contribution < -0.4 is 5.32 Å². The predicted molar refractivity (Wildman–Crippen MR) is 74.5 cm³/mol. The summed E-state index contributed by atoms with van der Waals surface area (Å²) in [7, 11) is 4.11. The van der Waals surface area contributed by atoms with Gasteiger partial charge in [0.2, 0.25) is 0 Å². The molecule has 0 amide bonds. The summed E-state index contributed by atoms with van der Waals surface area (Å²) in [6, 6.07) is 2.04. The molecule has 0 unspecified atom stereocenters. The van der Waals surface area contributed by atoms with Crippen molar-refractivity contribution in [3.05, 3.63) is 41.9 Å². The Hall–Kier alpha value is -1.59. The first-order chi connectivity index (χ1) is 9.20. The molecule has 0 aromatic carbocycles. The molecule has 0 aliphatic rings. The first kappa shape index (κ1) is 13.8. The Kier molecular flexibility index (Phi) is 4.76. The Morgan fingerprint density at radius 2 is 2.26 bits per heavy atom. The van der Waals surface area contributed by atoms with Crippen LogP contribution in [0.1, 0.15) is 24.1 Å². The molecule has 0 aliphatic carbocycles. The first-order valence-electron chi connectivity index (χ1n) is 6.61. The second-order valence-electron chi connectivity index (χ2n) is 4.78. The quantitative estimate of drug-likeness (QED) is 0.826. The van der Waals surface area contributed by atoms with Gasteiger partial charge in [-0.25, -0.2) is 4.98 Å². The maximum absolute atomic E-state index is 5.52. The van der Waals surface area contributed by atoms with Gasteiger partial charge in [0.1, 0.15) is 11.6 Å².